The second-order valence-electron chi connectivity index (χ2n) is 7.44. The van der Waals surface area contributed by atoms with Crippen molar-refractivity contribution in [2.45, 2.75) is 13.3 Å². The van der Waals surface area contributed by atoms with Gasteiger partial charge in [0.25, 0.3) is 11.9 Å². The van der Waals surface area contributed by atoms with Crippen LogP contribution in [-0.2, 0) is 6.42 Å². The second kappa shape index (κ2) is 9.83. The molecular weight excluding hydrogens is 438 g/mol. The number of carbonyl (C=O) groups excluding carboxylic acids is 1. The highest BCUT2D eigenvalue weighted by Gasteiger charge is 2.20. The molecule has 0 fully saturated rings. The van der Waals surface area contributed by atoms with Gasteiger partial charge in [-0.1, -0.05) is 12.1 Å². The number of ether oxygens (including phenoxy) is 2. The molecule has 1 aromatic carbocycles. The van der Waals surface area contributed by atoms with Gasteiger partial charge in [0.05, 0.1) is 42.2 Å². The van der Waals surface area contributed by atoms with Crippen molar-refractivity contribution in [2.75, 3.05) is 27.8 Å². The topological polar surface area (TPSA) is 82.4 Å². The molecule has 0 saturated carbocycles. The van der Waals surface area contributed by atoms with Crippen molar-refractivity contribution in [3.05, 3.63) is 71.0 Å². The average molecular weight is 464 g/mol. The molecular formula is C24H25N5O3S. The predicted molar refractivity (Wildman–Crippen MR) is 127 cm³/mol. The number of nitrogens with zero attached hydrogens (tertiary/aromatic N) is 5. The van der Waals surface area contributed by atoms with Gasteiger partial charge in [0.2, 0.25) is 0 Å². The van der Waals surface area contributed by atoms with E-state index in [9.17, 15) is 4.79 Å². The number of aromatic nitrogens is 4. The third-order valence-electron chi connectivity index (χ3n) is 5.38. The van der Waals surface area contributed by atoms with Gasteiger partial charge in [-0.25, -0.2) is 14.6 Å². The first-order valence-electron chi connectivity index (χ1n) is 10.4. The third-order valence-corrected chi connectivity index (χ3v) is 6.27. The lowest BCUT2D eigenvalue weighted by Gasteiger charge is -2.17. The first-order valence-corrected chi connectivity index (χ1v) is 11.3. The number of hydrogen-bond donors (Lipinski definition) is 0. The Morgan fingerprint density at radius 1 is 1.15 bits per heavy atom. The first kappa shape index (κ1) is 22.5. The maximum absolute atomic E-state index is 13.1. The van der Waals surface area contributed by atoms with Crippen molar-refractivity contribution in [3.8, 4) is 28.0 Å². The van der Waals surface area contributed by atoms with Crippen LogP contribution in [0.2, 0.25) is 0 Å². The van der Waals surface area contributed by atoms with Crippen LogP contribution < -0.4 is 9.47 Å². The van der Waals surface area contributed by atoms with E-state index in [2.05, 4.69) is 15.1 Å². The Labute approximate surface area is 196 Å². The summed E-state index contributed by atoms with van der Waals surface area (Å²) in [7, 11) is 5.00. The number of amides is 1. The molecule has 3 heterocycles. The van der Waals surface area contributed by atoms with E-state index in [1.807, 2.05) is 48.7 Å². The zero-order valence-electron chi connectivity index (χ0n) is 19.0. The van der Waals surface area contributed by atoms with E-state index in [1.165, 1.54) is 0 Å². The fourth-order valence-corrected chi connectivity index (χ4v) is 4.17. The SMILES string of the molecule is COc1ccc(CCN(C)C(=O)c2cnn(-c3nccc(-c4cccs4)n3)c2C)cc1OC. The van der Waals surface area contributed by atoms with Crippen molar-refractivity contribution in [1.29, 1.82) is 0 Å². The molecule has 0 spiro atoms. The molecule has 0 unspecified atom stereocenters. The fraction of sp³-hybridized carbons (Fsp3) is 0.250. The number of methoxy groups -OCH3 is 2. The average Bonchev–Trinajstić information content (AvgIpc) is 3.52. The molecule has 0 saturated heterocycles. The summed E-state index contributed by atoms with van der Waals surface area (Å²) >= 11 is 1.61. The van der Waals surface area contributed by atoms with Crippen molar-refractivity contribution in [1.82, 2.24) is 24.6 Å². The number of likely N-dealkylation sites (N-methyl/N-ethyl adjacent to an activating group) is 1. The van der Waals surface area contributed by atoms with Crippen molar-refractivity contribution in [2.24, 2.45) is 0 Å². The molecule has 170 valence electrons. The van der Waals surface area contributed by atoms with E-state index in [0.29, 0.717) is 41.7 Å². The molecule has 33 heavy (non-hydrogen) atoms. The molecule has 0 atom stereocenters. The van der Waals surface area contributed by atoms with Crippen molar-refractivity contribution >= 4 is 17.2 Å². The number of benzene rings is 1. The van der Waals surface area contributed by atoms with Crippen LogP contribution in [0.15, 0.2) is 54.2 Å². The van der Waals surface area contributed by atoms with Crippen LogP contribution in [0, 0.1) is 6.92 Å². The van der Waals surface area contributed by atoms with E-state index in [1.54, 1.807) is 54.6 Å². The lowest BCUT2D eigenvalue weighted by molar-refractivity contribution is 0.0796. The molecule has 8 nitrogen and oxygen atoms in total. The van der Waals surface area contributed by atoms with E-state index < -0.39 is 0 Å². The van der Waals surface area contributed by atoms with Crippen LogP contribution in [0.5, 0.6) is 11.5 Å². The lowest BCUT2D eigenvalue weighted by atomic mass is 10.1. The zero-order chi connectivity index (χ0) is 23.4. The summed E-state index contributed by atoms with van der Waals surface area (Å²) in [6, 6.07) is 11.6. The number of hydrogen-bond acceptors (Lipinski definition) is 7. The van der Waals surface area contributed by atoms with Gasteiger partial charge in [-0.2, -0.15) is 5.10 Å². The quantitative estimate of drug-likeness (QED) is 0.392. The highest BCUT2D eigenvalue weighted by molar-refractivity contribution is 7.13. The summed E-state index contributed by atoms with van der Waals surface area (Å²) in [5.41, 5.74) is 3.10. The second-order valence-corrected chi connectivity index (χ2v) is 8.39. The Morgan fingerprint density at radius 2 is 1.97 bits per heavy atom. The molecule has 0 aliphatic carbocycles. The number of carbonyl (C=O) groups is 1. The van der Waals surface area contributed by atoms with Crippen LogP contribution in [0.4, 0.5) is 0 Å². The lowest BCUT2D eigenvalue weighted by Crippen LogP contribution is -2.29. The van der Waals surface area contributed by atoms with Gasteiger partial charge in [0.1, 0.15) is 0 Å². The van der Waals surface area contributed by atoms with Gasteiger partial charge in [-0.3, -0.25) is 4.79 Å². The Hall–Kier alpha value is -3.72. The smallest absolute Gasteiger partial charge is 0.257 e. The van der Waals surface area contributed by atoms with Gasteiger partial charge in [0, 0.05) is 19.8 Å². The maximum atomic E-state index is 13.1. The minimum atomic E-state index is -0.103. The molecule has 0 N–H and O–H groups in total. The molecule has 9 heteroatoms. The summed E-state index contributed by atoms with van der Waals surface area (Å²) in [6.45, 7) is 2.40. The van der Waals surface area contributed by atoms with E-state index in [4.69, 9.17) is 9.47 Å². The maximum Gasteiger partial charge on any atom is 0.257 e. The molecule has 4 rings (SSSR count). The predicted octanol–water partition coefficient (Wildman–Crippen LogP) is 4.03. The molecule has 0 aliphatic heterocycles. The highest BCUT2D eigenvalue weighted by atomic mass is 32.1. The molecule has 0 radical (unpaired) electrons. The Bertz CT molecular complexity index is 1250. The summed E-state index contributed by atoms with van der Waals surface area (Å²) in [6.07, 6.45) is 3.96. The minimum absolute atomic E-state index is 0.103. The van der Waals surface area contributed by atoms with Crippen molar-refractivity contribution < 1.29 is 14.3 Å². The zero-order valence-corrected chi connectivity index (χ0v) is 19.8. The minimum Gasteiger partial charge on any atom is -0.493 e. The number of rotatable bonds is 8. The largest absolute Gasteiger partial charge is 0.493 e. The van der Waals surface area contributed by atoms with E-state index in [-0.39, 0.29) is 5.91 Å². The number of thiophene rings is 1. The monoisotopic (exact) mass is 463 g/mol. The summed E-state index contributed by atoms with van der Waals surface area (Å²) < 4.78 is 12.3. The summed E-state index contributed by atoms with van der Waals surface area (Å²) in [5, 5.41) is 6.39. The van der Waals surface area contributed by atoms with E-state index >= 15 is 0 Å². The Kier molecular flexibility index (Phi) is 6.69. The highest BCUT2D eigenvalue weighted by Crippen LogP contribution is 2.28. The van der Waals surface area contributed by atoms with Crippen LogP contribution >= 0.6 is 11.3 Å². The molecule has 0 aliphatic rings. The first-order chi connectivity index (χ1) is 16.0. The van der Waals surface area contributed by atoms with Gasteiger partial charge in [-0.05, 0) is 48.6 Å². The Morgan fingerprint density at radius 3 is 2.70 bits per heavy atom. The van der Waals surface area contributed by atoms with Gasteiger partial charge in [0.15, 0.2) is 11.5 Å². The summed E-state index contributed by atoms with van der Waals surface area (Å²) in [4.78, 5) is 24.8. The van der Waals surface area contributed by atoms with Gasteiger partial charge < -0.3 is 14.4 Å². The van der Waals surface area contributed by atoms with Crippen LogP contribution in [0.3, 0.4) is 0 Å². The van der Waals surface area contributed by atoms with Gasteiger partial charge >= 0.3 is 0 Å². The Balaban J connectivity index is 1.48. The normalized spacial score (nSPS) is 10.8. The molecule has 1 amide bonds. The van der Waals surface area contributed by atoms with Gasteiger partial charge in [-0.15, -0.1) is 11.3 Å². The summed E-state index contributed by atoms with van der Waals surface area (Å²) in [5.74, 6) is 1.68. The molecule has 0 bridgehead atoms. The van der Waals surface area contributed by atoms with Crippen LogP contribution in [0.25, 0.3) is 16.5 Å². The molecule has 4 aromatic rings. The van der Waals surface area contributed by atoms with Crippen LogP contribution in [0.1, 0.15) is 21.6 Å². The molecule has 3 aromatic heterocycles. The van der Waals surface area contributed by atoms with Crippen molar-refractivity contribution in [3.63, 3.8) is 0 Å². The fourth-order valence-electron chi connectivity index (χ4n) is 3.47. The van der Waals surface area contributed by atoms with Crippen LogP contribution in [-0.4, -0.2) is 58.4 Å². The standard InChI is InChI=1S/C24H25N5O3S/c1-16-18(15-26-29(16)24-25-11-9-19(27-24)22-6-5-13-33-22)23(30)28(2)12-10-17-7-8-20(31-3)21(14-17)32-4/h5-9,11,13-15H,10,12H2,1-4H3. The van der Waals surface area contributed by atoms with E-state index in [0.717, 1.165) is 16.1 Å². The third kappa shape index (κ3) is 4.73.